The Morgan fingerprint density at radius 3 is 2.73 bits per heavy atom. The van der Waals surface area contributed by atoms with Gasteiger partial charge in [-0.2, -0.15) is 5.10 Å². The molecule has 2 aromatic heterocycles. The lowest BCUT2D eigenvalue weighted by atomic mass is 9.83. The molecular formula is C22H24N4O3S. The summed E-state index contributed by atoms with van der Waals surface area (Å²) in [5.74, 6) is 0.589. The van der Waals surface area contributed by atoms with Gasteiger partial charge < -0.3 is 9.64 Å². The third-order valence-corrected chi connectivity index (χ3v) is 6.79. The van der Waals surface area contributed by atoms with Crippen molar-refractivity contribution < 1.29 is 14.3 Å². The van der Waals surface area contributed by atoms with Crippen LogP contribution in [-0.2, 0) is 5.54 Å². The molecule has 4 heterocycles. The fraction of sp³-hybridized carbons (Fsp3) is 0.455. The van der Waals surface area contributed by atoms with Crippen LogP contribution in [0.2, 0.25) is 0 Å². The van der Waals surface area contributed by atoms with E-state index in [2.05, 4.69) is 10.1 Å². The van der Waals surface area contributed by atoms with Gasteiger partial charge in [0.15, 0.2) is 17.2 Å². The summed E-state index contributed by atoms with van der Waals surface area (Å²) in [6.07, 6.45) is 3.40. The number of likely N-dealkylation sites (tertiary alicyclic amines) is 1. The Morgan fingerprint density at radius 2 is 2.00 bits per heavy atom. The molecule has 1 saturated heterocycles. The summed E-state index contributed by atoms with van der Waals surface area (Å²) in [6, 6.07) is 5.66. The standard InChI is InChI=1S/C22H24N4O3S/c1-21(2,3)26-12-17-19(24-26)16(27)11-22(29-17)6-8-25(9-7-22)20(28)14-4-5-18-15(10-14)23-13-30-18/h4-5,10,12-13H,6-9,11H2,1-3H3. The van der Waals surface area contributed by atoms with Crippen molar-refractivity contribution in [3.8, 4) is 5.75 Å². The van der Waals surface area contributed by atoms with Crippen molar-refractivity contribution in [2.24, 2.45) is 0 Å². The van der Waals surface area contributed by atoms with E-state index in [9.17, 15) is 9.59 Å². The molecule has 0 aliphatic carbocycles. The quantitative estimate of drug-likeness (QED) is 0.592. The van der Waals surface area contributed by atoms with Crippen LogP contribution in [-0.4, -0.2) is 50.0 Å². The molecule has 1 fully saturated rings. The van der Waals surface area contributed by atoms with Crippen LogP contribution in [0, 0.1) is 0 Å². The number of nitrogens with zero attached hydrogens (tertiary/aromatic N) is 4. The maximum absolute atomic E-state index is 13.0. The molecule has 0 saturated carbocycles. The maximum Gasteiger partial charge on any atom is 0.253 e. The summed E-state index contributed by atoms with van der Waals surface area (Å²) in [5, 5.41) is 4.46. The van der Waals surface area contributed by atoms with Gasteiger partial charge in [-0.25, -0.2) is 4.98 Å². The van der Waals surface area contributed by atoms with Crippen molar-refractivity contribution in [1.29, 1.82) is 0 Å². The van der Waals surface area contributed by atoms with E-state index >= 15 is 0 Å². The third kappa shape index (κ3) is 3.19. The molecule has 7 nitrogen and oxygen atoms in total. The average molecular weight is 425 g/mol. The number of carbonyl (C=O) groups excluding carboxylic acids is 2. The van der Waals surface area contributed by atoms with E-state index in [4.69, 9.17) is 4.74 Å². The third-order valence-electron chi connectivity index (χ3n) is 5.98. The van der Waals surface area contributed by atoms with Gasteiger partial charge in [0.25, 0.3) is 5.91 Å². The van der Waals surface area contributed by atoms with Gasteiger partial charge in [-0.15, -0.1) is 11.3 Å². The SMILES string of the molecule is CC(C)(C)n1cc2c(n1)C(=O)CC1(CCN(C(=O)c3ccc4scnc4c3)CC1)O2. The number of carbonyl (C=O) groups is 2. The summed E-state index contributed by atoms with van der Waals surface area (Å²) in [4.78, 5) is 31.9. The number of hydrogen-bond acceptors (Lipinski definition) is 6. The number of benzene rings is 1. The molecule has 0 N–H and O–H groups in total. The predicted octanol–water partition coefficient (Wildman–Crippen LogP) is 3.89. The monoisotopic (exact) mass is 424 g/mol. The first-order valence-electron chi connectivity index (χ1n) is 10.2. The molecule has 156 valence electrons. The van der Waals surface area contributed by atoms with Crippen molar-refractivity contribution in [2.75, 3.05) is 13.1 Å². The second-order valence-electron chi connectivity index (χ2n) is 9.17. The molecule has 3 aromatic rings. The minimum absolute atomic E-state index is 0.00290. The van der Waals surface area contributed by atoms with Crippen LogP contribution in [0.5, 0.6) is 5.75 Å². The fourth-order valence-electron chi connectivity index (χ4n) is 4.18. The Bertz CT molecular complexity index is 1150. The molecule has 0 bridgehead atoms. The summed E-state index contributed by atoms with van der Waals surface area (Å²) >= 11 is 1.56. The lowest BCUT2D eigenvalue weighted by molar-refractivity contribution is -0.00585. The van der Waals surface area contributed by atoms with E-state index in [0.717, 1.165) is 10.2 Å². The molecule has 8 heteroatoms. The second-order valence-corrected chi connectivity index (χ2v) is 10.1. The Hall–Kier alpha value is -2.74. The van der Waals surface area contributed by atoms with Gasteiger partial charge in [-0.05, 0) is 39.0 Å². The number of piperidine rings is 1. The number of thiazole rings is 1. The molecular weight excluding hydrogens is 400 g/mol. The summed E-state index contributed by atoms with van der Waals surface area (Å²) in [6.45, 7) is 7.24. The predicted molar refractivity (Wildman–Crippen MR) is 114 cm³/mol. The normalized spacial score (nSPS) is 18.5. The number of amides is 1. The Morgan fingerprint density at radius 1 is 1.23 bits per heavy atom. The van der Waals surface area contributed by atoms with Crippen molar-refractivity contribution in [2.45, 2.75) is 51.2 Å². The molecule has 0 radical (unpaired) electrons. The van der Waals surface area contributed by atoms with Gasteiger partial charge >= 0.3 is 0 Å². The van der Waals surface area contributed by atoms with Crippen LogP contribution >= 0.6 is 11.3 Å². The van der Waals surface area contributed by atoms with E-state index in [1.807, 2.05) is 50.1 Å². The highest BCUT2D eigenvalue weighted by atomic mass is 32.1. The highest BCUT2D eigenvalue weighted by Crippen LogP contribution is 2.40. The largest absolute Gasteiger partial charge is 0.483 e. The average Bonchev–Trinajstić information content (AvgIpc) is 3.34. The van der Waals surface area contributed by atoms with Gasteiger partial charge in [-0.3, -0.25) is 14.3 Å². The summed E-state index contributed by atoms with van der Waals surface area (Å²) in [7, 11) is 0. The van der Waals surface area contributed by atoms with E-state index in [0.29, 0.717) is 49.4 Å². The first kappa shape index (κ1) is 19.2. The maximum atomic E-state index is 13.0. The summed E-state index contributed by atoms with van der Waals surface area (Å²) < 4.78 is 9.20. The number of ether oxygens (including phenoxy) is 1. The van der Waals surface area contributed by atoms with Crippen molar-refractivity contribution >= 4 is 33.2 Å². The number of fused-ring (bicyclic) bond motifs is 2. The van der Waals surface area contributed by atoms with Gasteiger partial charge in [0.05, 0.1) is 33.9 Å². The molecule has 0 atom stereocenters. The van der Waals surface area contributed by atoms with Crippen LogP contribution in [0.25, 0.3) is 10.2 Å². The minimum Gasteiger partial charge on any atom is -0.483 e. The fourth-order valence-corrected chi connectivity index (χ4v) is 4.84. The van der Waals surface area contributed by atoms with E-state index < -0.39 is 5.60 Å². The molecule has 2 aliphatic heterocycles. The van der Waals surface area contributed by atoms with Crippen molar-refractivity contribution in [3.63, 3.8) is 0 Å². The van der Waals surface area contributed by atoms with Crippen LogP contribution in [0.3, 0.4) is 0 Å². The molecule has 5 rings (SSSR count). The van der Waals surface area contributed by atoms with E-state index in [-0.39, 0.29) is 17.2 Å². The van der Waals surface area contributed by atoms with Gasteiger partial charge in [0.1, 0.15) is 5.60 Å². The number of ketones is 1. The second kappa shape index (κ2) is 6.63. The van der Waals surface area contributed by atoms with Gasteiger partial charge in [0, 0.05) is 31.5 Å². The number of Topliss-reactive ketones (excluding diaryl/α,β-unsaturated/α-hetero) is 1. The smallest absolute Gasteiger partial charge is 0.253 e. The molecule has 2 aliphatic rings. The van der Waals surface area contributed by atoms with Crippen LogP contribution < -0.4 is 4.74 Å². The topological polar surface area (TPSA) is 77.3 Å². The van der Waals surface area contributed by atoms with E-state index in [1.54, 1.807) is 21.5 Å². The van der Waals surface area contributed by atoms with Gasteiger partial charge in [-0.1, -0.05) is 0 Å². The zero-order valence-electron chi connectivity index (χ0n) is 17.3. The molecule has 30 heavy (non-hydrogen) atoms. The molecule has 1 spiro atoms. The Balaban J connectivity index is 1.32. The number of rotatable bonds is 1. The Labute approximate surface area is 178 Å². The first-order valence-corrected chi connectivity index (χ1v) is 11.1. The zero-order chi connectivity index (χ0) is 21.1. The van der Waals surface area contributed by atoms with Crippen molar-refractivity contribution in [3.05, 3.63) is 41.2 Å². The molecule has 1 aromatic carbocycles. The number of hydrogen-bond donors (Lipinski definition) is 0. The van der Waals surface area contributed by atoms with Gasteiger partial charge in [0.2, 0.25) is 0 Å². The number of aromatic nitrogens is 3. The van der Waals surface area contributed by atoms with Crippen LogP contribution in [0.15, 0.2) is 29.9 Å². The first-order chi connectivity index (χ1) is 14.2. The Kier molecular flexibility index (Phi) is 4.25. The lowest BCUT2D eigenvalue weighted by Crippen LogP contribution is -2.52. The van der Waals surface area contributed by atoms with Crippen molar-refractivity contribution in [1.82, 2.24) is 19.7 Å². The van der Waals surface area contributed by atoms with Crippen LogP contribution in [0.1, 0.15) is 60.9 Å². The molecule has 1 amide bonds. The van der Waals surface area contributed by atoms with Crippen LogP contribution in [0.4, 0.5) is 0 Å². The lowest BCUT2D eigenvalue weighted by Gasteiger charge is -2.43. The zero-order valence-corrected chi connectivity index (χ0v) is 18.2. The highest BCUT2D eigenvalue weighted by Gasteiger charge is 2.45. The minimum atomic E-state index is -0.550. The summed E-state index contributed by atoms with van der Waals surface area (Å²) in [5.41, 5.74) is 2.94. The van der Waals surface area contributed by atoms with E-state index in [1.165, 1.54) is 0 Å². The highest BCUT2D eigenvalue weighted by molar-refractivity contribution is 7.16. The molecule has 0 unspecified atom stereocenters.